The van der Waals surface area contributed by atoms with Crippen LogP contribution in [0.25, 0.3) is 0 Å². The number of hydrogen-bond acceptors (Lipinski definition) is 1. The molecule has 0 saturated heterocycles. The molecule has 88 valence electrons. The molecule has 16 heavy (non-hydrogen) atoms. The molecule has 0 unspecified atom stereocenters. The summed E-state index contributed by atoms with van der Waals surface area (Å²) in [7, 11) is 0. The highest BCUT2D eigenvalue weighted by atomic mass is 79.9. The van der Waals surface area contributed by atoms with E-state index < -0.39 is 0 Å². The molecule has 1 aromatic carbocycles. The van der Waals surface area contributed by atoms with Crippen LogP contribution in [0.1, 0.15) is 18.9 Å². The summed E-state index contributed by atoms with van der Waals surface area (Å²) >= 11 is 3.08. The molecule has 0 bridgehead atoms. The van der Waals surface area contributed by atoms with Crippen LogP contribution in [0, 0.1) is 12.7 Å². The van der Waals surface area contributed by atoms with Crippen molar-refractivity contribution in [1.82, 2.24) is 5.32 Å². The van der Waals surface area contributed by atoms with Crippen LogP contribution in [0.4, 0.5) is 14.9 Å². The van der Waals surface area contributed by atoms with E-state index in [0.29, 0.717) is 22.3 Å². The second-order valence-corrected chi connectivity index (χ2v) is 4.32. The van der Waals surface area contributed by atoms with E-state index in [9.17, 15) is 9.18 Å². The van der Waals surface area contributed by atoms with Gasteiger partial charge in [0.25, 0.3) is 0 Å². The maximum Gasteiger partial charge on any atom is 0.319 e. The number of carbonyl (C=O) groups is 1. The van der Waals surface area contributed by atoms with Crippen molar-refractivity contribution in [3.63, 3.8) is 0 Å². The van der Waals surface area contributed by atoms with E-state index in [1.165, 1.54) is 6.07 Å². The molecule has 0 fully saturated rings. The minimum atomic E-state index is -0.336. The summed E-state index contributed by atoms with van der Waals surface area (Å²) in [6, 6.07) is 2.65. The third-order valence-corrected chi connectivity index (χ3v) is 2.66. The Hall–Kier alpha value is -1.10. The van der Waals surface area contributed by atoms with Crippen LogP contribution in [-0.4, -0.2) is 12.6 Å². The molecule has 0 saturated carbocycles. The Morgan fingerprint density at radius 2 is 2.19 bits per heavy atom. The Morgan fingerprint density at radius 3 is 2.81 bits per heavy atom. The van der Waals surface area contributed by atoms with Crippen LogP contribution in [0.2, 0.25) is 0 Å². The lowest BCUT2D eigenvalue weighted by Crippen LogP contribution is -2.29. The molecule has 2 amide bonds. The molecule has 0 radical (unpaired) electrons. The normalized spacial score (nSPS) is 10.0. The van der Waals surface area contributed by atoms with Crippen molar-refractivity contribution in [1.29, 1.82) is 0 Å². The van der Waals surface area contributed by atoms with Crippen molar-refractivity contribution in [3.8, 4) is 0 Å². The Morgan fingerprint density at radius 1 is 1.50 bits per heavy atom. The van der Waals surface area contributed by atoms with Gasteiger partial charge in [-0.25, -0.2) is 9.18 Å². The number of anilines is 1. The van der Waals surface area contributed by atoms with Gasteiger partial charge in [0, 0.05) is 12.2 Å². The van der Waals surface area contributed by atoms with Gasteiger partial charge in [-0.05, 0) is 47.0 Å². The van der Waals surface area contributed by atoms with Crippen LogP contribution >= 0.6 is 15.9 Å². The van der Waals surface area contributed by atoms with Gasteiger partial charge in [0.15, 0.2) is 0 Å². The fourth-order valence-electron chi connectivity index (χ4n) is 1.19. The topological polar surface area (TPSA) is 41.1 Å². The van der Waals surface area contributed by atoms with Gasteiger partial charge < -0.3 is 10.6 Å². The number of rotatable bonds is 3. The van der Waals surface area contributed by atoms with Gasteiger partial charge in [-0.1, -0.05) is 6.92 Å². The summed E-state index contributed by atoms with van der Waals surface area (Å²) in [5, 5.41) is 5.35. The fourth-order valence-corrected chi connectivity index (χ4v) is 1.53. The molecule has 0 aliphatic rings. The fraction of sp³-hybridized carbons (Fsp3) is 0.364. The van der Waals surface area contributed by atoms with Crippen LogP contribution in [0.5, 0.6) is 0 Å². The first-order chi connectivity index (χ1) is 7.54. The lowest BCUT2D eigenvalue weighted by Gasteiger charge is -2.10. The second-order valence-electron chi connectivity index (χ2n) is 3.46. The first-order valence-electron chi connectivity index (χ1n) is 5.05. The van der Waals surface area contributed by atoms with Crippen molar-refractivity contribution in [2.45, 2.75) is 20.3 Å². The van der Waals surface area contributed by atoms with E-state index in [1.54, 1.807) is 13.0 Å². The van der Waals surface area contributed by atoms with E-state index in [4.69, 9.17) is 0 Å². The summed E-state index contributed by atoms with van der Waals surface area (Å²) < 4.78 is 13.5. The maximum atomic E-state index is 13.1. The van der Waals surface area contributed by atoms with Crippen LogP contribution in [-0.2, 0) is 0 Å². The van der Waals surface area contributed by atoms with Crippen molar-refractivity contribution in [2.75, 3.05) is 11.9 Å². The summed E-state index contributed by atoms with van der Waals surface area (Å²) in [4.78, 5) is 11.4. The lowest BCUT2D eigenvalue weighted by molar-refractivity contribution is 0.252. The maximum absolute atomic E-state index is 13.1. The average Bonchev–Trinajstić information content (AvgIpc) is 2.23. The van der Waals surface area contributed by atoms with Gasteiger partial charge in [0.1, 0.15) is 5.82 Å². The first kappa shape index (κ1) is 13.0. The monoisotopic (exact) mass is 288 g/mol. The zero-order valence-corrected chi connectivity index (χ0v) is 10.8. The van der Waals surface area contributed by atoms with Gasteiger partial charge in [-0.2, -0.15) is 0 Å². The van der Waals surface area contributed by atoms with E-state index in [-0.39, 0.29) is 11.8 Å². The zero-order chi connectivity index (χ0) is 12.1. The van der Waals surface area contributed by atoms with Crippen molar-refractivity contribution in [2.24, 2.45) is 0 Å². The molecule has 0 aromatic heterocycles. The molecule has 1 rings (SSSR count). The standard InChI is InChI=1S/C11H14BrFN2O/c1-3-4-14-11(16)15-10-6-8(12)9(13)5-7(10)2/h5-6H,3-4H2,1-2H3,(H2,14,15,16). The second kappa shape index (κ2) is 5.84. The van der Waals surface area contributed by atoms with Gasteiger partial charge in [-0.15, -0.1) is 0 Å². The predicted octanol–water partition coefficient (Wildman–Crippen LogP) is 3.43. The van der Waals surface area contributed by atoms with E-state index in [1.807, 2.05) is 6.92 Å². The van der Waals surface area contributed by atoms with Crippen LogP contribution < -0.4 is 10.6 Å². The Kier molecular flexibility index (Phi) is 4.73. The van der Waals surface area contributed by atoms with Gasteiger partial charge in [-0.3, -0.25) is 0 Å². The number of aryl methyl sites for hydroxylation is 1. The van der Waals surface area contributed by atoms with Crippen molar-refractivity contribution < 1.29 is 9.18 Å². The molecule has 2 N–H and O–H groups in total. The molecule has 1 aromatic rings. The number of halogens is 2. The Balaban J connectivity index is 2.73. The highest BCUT2D eigenvalue weighted by molar-refractivity contribution is 9.10. The van der Waals surface area contributed by atoms with Gasteiger partial charge in [0.2, 0.25) is 0 Å². The molecule has 0 aliphatic heterocycles. The minimum Gasteiger partial charge on any atom is -0.338 e. The predicted molar refractivity (Wildman–Crippen MR) is 66.1 cm³/mol. The SMILES string of the molecule is CCCNC(=O)Nc1cc(Br)c(F)cc1C. The number of urea groups is 1. The quantitative estimate of drug-likeness (QED) is 0.879. The largest absolute Gasteiger partial charge is 0.338 e. The van der Waals surface area contributed by atoms with Crippen molar-refractivity contribution in [3.05, 3.63) is 28.0 Å². The summed E-state index contributed by atoms with van der Waals surface area (Å²) in [6.45, 7) is 4.33. The molecule has 3 nitrogen and oxygen atoms in total. The summed E-state index contributed by atoms with van der Waals surface area (Å²) in [5.41, 5.74) is 1.29. The van der Waals surface area contributed by atoms with E-state index in [2.05, 4.69) is 26.6 Å². The highest BCUT2D eigenvalue weighted by Crippen LogP contribution is 2.24. The van der Waals surface area contributed by atoms with Crippen molar-refractivity contribution >= 4 is 27.6 Å². The number of carbonyl (C=O) groups excluding carboxylic acids is 1. The smallest absolute Gasteiger partial charge is 0.319 e. The molecule has 0 spiro atoms. The van der Waals surface area contributed by atoms with E-state index in [0.717, 1.165) is 6.42 Å². The van der Waals surface area contributed by atoms with Gasteiger partial charge >= 0.3 is 6.03 Å². The molecule has 0 aliphatic carbocycles. The third-order valence-electron chi connectivity index (χ3n) is 2.05. The zero-order valence-electron chi connectivity index (χ0n) is 9.23. The summed E-state index contributed by atoms with van der Waals surface area (Å²) in [6.07, 6.45) is 0.875. The lowest BCUT2D eigenvalue weighted by atomic mass is 10.2. The van der Waals surface area contributed by atoms with E-state index >= 15 is 0 Å². The Bertz CT molecular complexity index is 396. The molecule has 0 heterocycles. The number of hydrogen-bond donors (Lipinski definition) is 2. The Labute approximate surface area is 103 Å². The van der Waals surface area contributed by atoms with Gasteiger partial charge in [0.05, 0.1) is 4.47 Å². The molecular formula is C11H14BrFN2O. The third kappa shape index (κ3) is 3.48. The van der Waals surface area contributed by atoms with Crippen LogP contribution in [0.15, 0.2) is 16.6 Å². The number of nitrogens with one attached hydrogen (secondary N) is 2. The molecule has 0 atom stereocenters. The average molecular weight is 289 g/mol. The first-order valence-corrected chi connectivity index (χ1v) is 5.84. The molecular weight excluding hydrogens is 275 g/mol. The number of benzene rings is 1. The minimum absolute atomic E-state index is 0.275. The molecule has 5 heteroatoms. The number of amides is 2. The summed E-state index contributed by atoms with van der Waals surface area (Å²) in [5.74, 6) is -0.336. The van der Waals surface area contributed by atoms with Crippen LogP contribution in [0.3, 0.4) is 0 Å². The highest BCUT2D eigenvalue weighted by Gasteiger charge is 2.07.